The molecule has 0 aliphatic heterocycles. The van der Waals surface area contributed by atoms with Gasteiger partial charge in [-0.15, -0.1) is 0 Å². The molecule has 7 heteroatoms. The first-order valence-corrected chi connectivity index (χ1v) is 5.96. The minimum atomic E-state index is -0.187. The van der Waals surface area contributed by atoms with Gasteiger partial charge < -0.3 is 28.8 Å². The number of rotatable bonds is 6. The fraction of sp³-hybridized carbons (Fsp3) is 0.400. The summed E-state index contributed by atoms with van der Waals surface area (Å²) in [5, 5.41) is 0. The van der Waals surface area contributed by atoms with Crippen LogP contribution in [0, 0.1) is 66.2 Å². The van der Waals surface area contributed by atoms with E-state index in [2.05, 4.69) is 0 Å². The van der Waals surface area contributed by atoms with Gasteiger partial charge in [-0.3, -0.25) is 19.3 Å². The van der Waals surface area contributed by atoms with Crippen LogP contribution in [-0.4, -0.2) is 34.7 Å². The quantitative estimate of drug-likeness (QED) is 0.426. The molecule has 0 aromatic rings. The topological polar surface area (TPSA) is 102 Å². The molecule has 0 bridgehead atoms. The average molecular weight is 470 g/mol. The molecule has 0 spiro atoms. The molecule has 0 N–H and O–H groups in total. The molecular weight excluding hydrogens is 449 g/mol. The summed E-state index contributed by atoms with van der Waals surface area (Å²) in [5.41, 5.74) is 0. The predicted octanol–water partition coefficient (Wildman–Crippen LogP) is 1.11. The third-order valence-corrected chi connectivity index (χ3v) is 1.22. The summed E-state index contributed by atoms with van der Waals surface area (Å²) in [7, 11) is 0. The van der Waals surface area contributed by atoms with E-state index in [-0.39, 0.29) is 81.6 Å². The van der Waals surface area contributed by atoms with E-state index in [0.717, 1.165) is 19.3 Å². The maximum Gasteiger partial charge on any atom is 3.00 e. The van der Waals surface area contributed by atoms with Crippen LogP contribution in [0.5, 0.6) is 0 Å². The van der Waals surface area contributed by atoms with Gasteiger partial charge in [0.1, 0.15) is 0 Å². The van der Waals surface area contributed by atoms with E-state index in [1.165, 1.54) is 41.5 Å². The molecule has 0 aliphatic carbocycles. The molecule has 0 atom stereocenters. The van der Waals surface area contributed by atoms with Crippen LogP contribution in [0.1, 0.15) is 41.5 Å². The standard InChI is InChI=1S/3C5H7O2.Yb/c3*1-4(6)3-5(2)7;/h3*3H,1-2H3;/q3*-1;+3. The van der Waals surface area contributed by atoms with Gasteiger partial charge in [-0.2, -0.15) is 0 Å². The minimum Gasteiger partial charge on any atom is -0.334 e. The van der Waals surface area contributed by atoms with E-state index in [9.17, 15) is 28.8 Å². The molecular formula is C15H21O6Yb. The van der Waals surface area contributed by atoms with Crippen LogP contribution < -0.4 is 0 Å². The Balaban J connectivity index is -0.000000108. The number of hydrogen-bond acceptors (Lipinski definition) is 6. The van der Waals surface area contributed by atoms with E-state index in [0.29, 0.717) is 0 Å². The van der Waals surface area contributed by atoms with Crippen molar-refractivity contribution in [2.75, 3.05) is 0 Å². The third kappa shape index (κ3) is 50.7. The zero-order chi connectivity index (χ0) is 17.6. The molecule has 0 saturated heterocycles. The zero-order valence-corrected chi connectivity index (χ0v) is 15.2. The van der Waals surface area contributed by atoms with Crippen LogP contribution in [0.2, 0.25) is 0 Å². The first-order valence-electron chi connectivity index (χ1n) is 5.96. The van der Waals surface area contributed by atoms with Gasteiger partial charge >= 0.3 is 46.9 Å². The molecule has 0 aliphatic rings. The van der Waals surface area contributed by atoms with E-state index in [1.807, 2.05) is 0 Å². The van der Waals surface area contributed by atoms with Gasteiger partial charge in [0.25, 0.3) is 0 Å². The Labute approximate surface area is 170 Å². The number of hydrogen-bond donors (Lipinski definition) is 0. The molecule has 0 heterocycles. The molecule has 131 valence electrons. The first kappa shape index (κ1) is 29.2. The summed E-state index contributed by atoms with van der Waals surface area (Å²) in [5.74, 6) is -1.12. The Morgan fingerprint density at radius 3 is 0.500 bits per heavy atom. The average Bonchev–Trinajstić information content (AvgIpc) is 2.10. The van der Waals surface area contributed by atoms with Crippen molar-refractivity contribution in [2.24, 2.45) is 0 Å². The van der Waals surface area contributed by atoms with Crippen molar-refractivity contribution in [3.05, 3.63) is 19.3 Å². The molecule has 0 unspecified atom stereocenters. The van der Waals surface area contributed by atoms with E-state index >= 15 is 0 Å². The number of carbonyl (C=O) groups excluding carboxylic acids is 6. The second-order valence-corrected chi connectivity index (χ2v) is 4.10. The molecule has 0 aromatic carbocycles. The molecule has 0 aromatic heterocycles. The monoisotopic (exact) mass is 471 g/mol. The summed E-state index contributed by atoms with van der Waals surface area (Å²) in [4.78, 5) is 59.9. The summed E-state index contributed by atoms with van der Waals surface area (Å²) in [6.45, 7) is 8.09. The second-order valence-electron chi connectivity index (χ2n) is 4.10. The Morgan fingerprint density at radius 1 is 0.409 bits per heavy atom. The molecule has 1 radical (unpaired) electrons. The number of Topliss-reactive ketones (excluding diaryl/α,β-unsaturated/α-hetero) is 6. The fourth-order valence-corrected chi connectivity index (χ4v) is 0.859. The molecule has 22 heavy (non-hydrogen) atoms. The predicted molar refractivity (Wildman–Crippen MR) is 77.0 cm³/mol. The maximum atomic E-state index is 9.98. The van der Waals surface area contributed by atoms with Gasteiger partial charge in [-0.25, -0.2) is 0 Å². The van der Waals surface area contributed by atoms with Gasteiger partial charge in [0, 0.05) is 34.7 Å². The van der Waals surface area contributed by atoms with Crippen LogP contribution in [0.15, 0.2) is 0 Å². The van der Waals surface area contributed by atoms with Gasteiger partial charge in [-0.1, -0.05) is 0 Å². The van der Waals surface area contributed by atoms with Crippen molar-refractivity contribution in [3.63, 3.8) is 0 Å². The number of ketones is 6. The Kier molecular flexibility index (Phi) is 24.2. The molecule has 0 rings (SSSR count). The van der Waals surface area contributed by atoms with E-state index in [1.54, 1.807) is 0 Å². The van der Waals surface area contributed by atoms with E-state index in [4.69, 9.17) is 0 Å². The molecule has 0 fully saturated rings. The Morgan fingerprint density at radius 2 is 0.500 bits per heavy atom. The Bertz CT molecular complexity index is 314. The summed E-state index contributed by atoms with van der Waals surface area (Å²) in [6, 6.07) is 0. The van der Waals surface area contributed by atoms with Crippen molar-refractivity contribution >= 4 is 34.7 Å². The summed E-state index contributed by atoms with van der Waals surface area (Å²) in [6.07, 6.45) is 3.17. The number of carbonyl (C=O) groups is 6. The van der Waals surface area contributed by atoms with Crippen molar-refractivity contribution in [3.8, 4) is 0 Å². The zero-order valence-electron chi connectivity index (χ0n) is 13.4. The van der Waals surface area contributed by atoms with Gasteiger partial charge in [0.2, 0.25) is 0 Å². The van der Waals surface area contributed by atoms with Crippen molar-refractivity contribution in [2.45, 2.75) is 41.5 Å². The van der Waals surface area contributed by atoms with Crippen LogP contribution in [0.25, 0.3) is 0 Å². The van der Waals surface area contributed by atoms with Crippen LogP contribution in [0.3, 0.4) is 0 Å². The largest absolute Gasteiger partial charge is 3.00 e. The molecule has 6 nitrogen and oxygen atoms in total. The first-order chi connectivity index (χ1) is 9.38. The summed E-state index contributed by atoms with van der Waals surface area (Å²) < 4.78 is 0. The fourth-order valence-electron chi connectivity index (χ4n) is 0.859. The van der Waals surface area contributed by atoms with E-state index < -0.39 is 0 Å². The van der Waals surface area contributed by atoms with Crippen molar-refractivity contribution in [1.29, 1.82) is 0 Å². The molecule has 0 saturated carbocycles. The van der Waals surface area contributed by atoms with Crippen LogP contribution >= 0.6 is 0 Å². The Hall–Kier alpha value is -0.851. The van der Waals surface area contributed by atoms with Gasteiger partial charge in [0.05, 0.1) is 0 Å². The van der Waals surface area contributed by atoms with Crippen LogP contribution in [-0.2, 0) is 28.8 Å². The third-order valence-electron chi connectivity index (χ3n) is 1.22. The van der Waals surface area contributed by atoms with Crippen molar-refractivity contribution in [1.82, 2.24) is 0 Å². The molecule has 0 amide bonds. The van der Waals surface area contributed by atoms with Crippen molar-refractivity contribution < 1.29 is 75.7 Å². The maximum absolute atomic E-state index is 9.98. The summed E-state index contributed by atoms with van der Waals surface area (Å²) >= 11 is 0. The SMILES string of the molecule is CC(=O)[CH-]C(C)=O.CC(=O)[CH-]C(C)=O.CC(=O)[CH-]C(C)=O.[Yb+3]. The van der Waals surface area contributed by atoms with Crippen LogP contribution in [0.4, 0.5) is 0 Å². The smallest absolute Gasteiger partial charge is 0.334 e. The normalized spacial score (nSPS) is 7.36. The second kappa shape index (κ2) is 18.2. The van der Waals surface area contributed by atoms with Gasteiger partial charge in [-0.05, 0) is 41.5 Å². The van der Waals surface area contributed by atoms with Gasteiger partial charge in [0.15, 0.2) is 0 Å². The minimum absolute atomic E-state index is 0.